The Bertz CT molecular complexity index is 240. The molecule has 0 bridgehead atoms. The van der Waals surface area contributed by atoms with Crippen LogP contribution in [0.25, 0.3) is 0 Å². The van der Waals surface area contributed by atoms with Crippen LogP contribution in [0.4, 0.5) is 0 Å². The molecule has 1 rings (SSSR count). The third-order valence-corrected chi connectivity index (χ3v) is 3.95. The molecule has 0 spiro atoms. The first-order chi connectivity index (χ1) is 8.06. The van der Waals surface area contributed by atoms with Crippen molar-refractivity contribution in [3.05, 3.63) is 0 Å². The lowest BCUT2D eigenvalue weighted by molar-refractivity contribution is 0.228. The Morgan fingerprint density at radius 2 is 2.00 bits per heavy atom. The summed E-state index contributed by atoms with van der Waals surface area (Å²) in [5, 5.41) is 3.17. The van der Waals surface area contributed by atoms with Gasteiger partial charge in [-0.05, 0) is 30.6 Å². The SMILES string of the molecule is CCCCNC(N)=NCC(C)(C)C1CCCC1. The molecule has 0 aromatic heterocycles. The highest BCUT2D eigenvalue weighted by atomic mass is 15.1. The molecular formula is C14H29N3. The first-order valence-electron chi connectivity index (χ1n) is 7.10. The van der Waals surface area contributed by atoms with Crippen LogP contribution in [0.3, 0.4) is 0 Å². The molecule has 1 aliphatic rings. The fraction of sp³-hybridized carbons (Fsp3) is 0.929. The summed E-state index contributed by atoms with van der Waals surface area (Å²) >= 11 is 0. The molecule has 100 valence electrons. The van der Waals surface area contributed by atoms with Gasteiger partial charge in [0.2, 0.25) is 0 Å². The topological polar surface area (TPSA) is 50.4 Å². The van der Waals surface area contributed by atoms with Crippen LogP contribution in [0.2, 0.25) is 0 Å². The second-order valence-corrected chi connectivity index (χ2v) is 5.95. The number of nitrogens with zero attached hydrogens (tertiary/aromatic N) is 1. The van der Waals surface area contributed by atoms with E-state index in [0.29, 0.717) is 11.4 Å². The van der Waals surface area contributed by atoms with Gasteiger partial charge in [-0.3, -0.25) is 4.99 Å². The van der Waals surface area contributed by atoms with Gasteiger partial charge in [-0.1, -0.05) is 40.0 Å². The van der Waals surface area contributed by atoms with Gasteiger partial charge >= 0.3 is 0 Å². The normalized spacial score (nSPS) is 18.6. The lowest BCUT2D eigenvalue weighted by atomic mass is 9.78. The van der Waals surface area contributed by atoms with Gasteiger partial charge in [-0.25, -0.2) is 0 Å². The maximum absolute atomic E-state index is 5.86. The lowest BCUT2D eigenvalue weighted by Crippen LogP contribution is -2.34. The van der Waals surface area contributed by atoms with Crippen molar-refractivity contribution in [2.75, 3.05) is 13.1 Å². The highest BCUT2D eigenvalue weighted by molar-refractivity contribution is 5.77. The summed E-state index contributed by atoms with van der Waals surface area (Å²) in [5.74, 6) is 1.44. The highest BCUT2D eigenvalue weighted by Crippen LogP contribution is 2.39. The van der Waals surface area contributed by atoms with Crippen LogP contribution in [0, 0.1) is 11.3 Å². The monoisotopic (exact) mass is 239 g/mol. The van der Waals surface area contributed by atoms with E-state index < -0.39 is 0 Å². The summed E-state index contributed by atoms with van der Waals surface area (Å²) in [7, 11) is 0. The van der Waals surface area contributed by atoms with E-state index in [-0.39, 0.29) is 0 Å². The minimum atomic E-state index is 0.299. The number of hydrogen-bond donors (Lipinski definition) is 2. The van der Waals surface area contributed by atoms with E-state index in [4.69, 9.17) is 5.73 Å². The Balaban J connectivity index is 2.33. The Labute approximate surface area is 106 Å². The Morgan fingerprint density at radius 3 is 2.59 bits per heavy atom. The summed E-state index contributed by atoms with van der Waals surface area (Å²) in [4.78, 5) is 4.50. The Morgan fingerprint density at radius 1 is 1.35 bits per heavy atom. The number of nitrogens with two attached hydrogens (primary N) is 1. The summed E-state index contributed by atoms with van der Waals surface area (Å²) in [6.07, 6.45) is 7.86. The van der Waals surface area contributed by atoms with Crippen LogP contribution < -0.4 is 11.1 Å². The molecule has 0 aromatic carbocycles. The van der Waals surface area contributed by atoms with Crippen molar-refractivity contribution in [3.63, 3.8) is 0 Å². The smallest absolute Gasteiger partial charge is 0.188 e. The van der Waals surface area contributed by atoms with Gasteiger partial charge in [0.05, 0.1) is 0 Å². The van der Waals surface area contributed by atoms with Gasteiger partial charge in [0.15, 0.2) is 5.96 Å². The van der Waals surface area contributed by atoms with Crippen molar-refractivity contribution in [2.45, 2.75) is 59.3 Å². The fourth-order valence-electron chi connectivity index (χ4n) is 2.57. The van der Waals surface area contributed by atoms with Gasteiger partial charge < -0.3 is 11.1 Å². The maximum atomic E-state index is 5.86. The molecule has 3 nitrogen and oxygen atoms in total. The van der Waals surface area contributed by atoms with Gasteiger partial charge in [-0.2, -0.15) is 0 Å². The predicted molar refractivity (Wildman–Crippen MR) is 75.1 cm³/mol. The quantitative estimate of drug-likeness (QED) is 0.425. The van der Waals surface area contributed by atoms with Crippen LogP contribution in [0.15, 0.2) is 4.99 Å². The third kappa shape index (κ3) is 4.97. The van der Waals surface area contributed by atoms with Crippen LogP contribution in [-0.2, 0) is 0 Å². The summed E-state index contributed by atoms with van der Waals surface area (Å²) in [5.41, 5.74) is 6.16. The molecule has 0 atom stereocenters. The van der Waals surface area contributed by atoms with E-state index in [0.717, 1.165) is 25.4 Å². The highest BCUT2D eigenvalue weighted by Gasteiger charge is 2.31. The first-order valence-corrected chi connectivity index (χ1v) is 7.10. The Hall–Kier alpha value is -0.730. The van der Waals surface area contributed by atoms with Crippen LogP contribution in [-0.4, -0.2) is 19.0 Å². The number of rotatable bonds is 6. The molecule has 3 heteroatoms. The summed E-state index contributed by atoms with van der Waals surface area (Å²) in [6, 6.07) is 0. The minimum absolute atomic E-state index is 0.299. The molecule has 0 saturated heterocycles. The number of hydrogen-bond acceptors (Lipinski definition) is 1. The Kier molecular flexibility index (Phi) is 5.79. The molecule has 3 N–H and O–H groups in total. The number of unbranched alkanes of at least 4 members (excludes halogenated alkanes) is 1. The minimum Gasteiger partial charge on any atom is -0.370 e. The average molecular weight is 239 g/mol. The number of guanidine groups is 1. The van der Waals surface area contributed by atoms with E-state index in [1.807, 2.05) is 0 Å². The zero-order valence-electron chi connectivity index (χ0n) is 11.8. The van der Waals surface area contributed by atoms with Crippen molar-refractivity contribution in [1.82, 2.24) is 5.32 Å². The van der Waals surface area contributed by atoms with Crippen molar-refractivity contribution >= 4 is 5.96 Å². The lowest BCUT2D eigenvalue weighted by Gasteiger charge is -2.29. The van der Waals surface area contributed by atoms with Crippen molar-refractivity contribution in [1.29, 1.82) is 0 Å². The molecule has 0 unspecified atom stereocenters. The zero-order valence-corrected chi connectivity index (χ0v) is 11.8. The van der Waals surface area contributed by atoms with Crippen molar-refractivity contribution < 1.29 is 0 Å². The molecule has 1 saturated carbocycles. The summed E-state index contributed by atoms with van der Waals surface area (Å²) < 4.78 is 0. The second-order valence-electron chi connectivity index (χ2n) is 5.95. The van der Waals surface area contributed by atoms with Crippen molar-refractivity contribution in [3.8, 4) is 0 Å². The standard InChI is InChI=1S/C14H29N3/c1-4-5-10-16-13(15)17-11-14(2,3)12-8-6-7-9-12/h12H,4-11H2,1-3H3,(H3,15,16,17). The van der Waals surface area contributed by atoms with Crippen molar-refractivity contribution in [2.24, 2.45) is 22.1 Å². The van der Waals surface area contributed by atoms with E-state index >= 15 is 0 Å². The fourth-order valence-corrected chi connectivity index (χ4v) is 2.57. The molecular weight excluding hydrogens is 210 g/mol. The van der Waals surface area contributed by atoms with Gasteiger partial charge in [0.25, 0.3) is 0 Å². The molecule has 0 heterocycles. The molecule has 0 amide bonds. The van der Waals surface area contributed by atoms with Gasteiger partial charge in [-0.15, -0.1) is 0 Å². The molecule has 0 radical (unpaired) electrons. The van der Waals surface area contributed by atoms with Crippen LogP contribution in [0.1, 0.15) is 59.3 Å². The average Bonchev–Trinajstić information content (AvgIpc) is 2.81. The molecule has 0 aliphatic heterocycles. The van der Waals surface area contributed by atoms with E-state index in [2.05, 4.69) is 31.1 Å². The van der Waals surface area contributed by atoms with Crippen LogP contribution in [0.5, 0.6) is 0 Å². The maximum Gasteiger partial charge on any atom is 0.188 e. The molecule has 1 fully saturated rings. The van der Waals surface area contributed by atoms with E-state index in [9.17, 15) is 0 Å². The van der Waals surface area contributed by atoms with Gasteiger partial charge in [0.1, 0.15) is 0 Å². The molecule has 17 heavy (non-hydrogen) atoms. The summed E-state index contributed by atoms with van der Waals surface area (Å²) in [6.45, 7) is 8.62. The zero-order chi connectivity index (χ0) is 12.7. The number of aliphatic imine (C=N–C) groups is 1. The largest absolute Gasteiger partial charge is 0.370 e. The second kappa shape index (κ2) is 6.87. The van der Waals surface area contributed by atoms with E-state index in [1.165, 1.54) is 32.1 Å². The van der Waals surface area contributed by atoms with Crippen LogP contribution >= 0.6 is 0 Å². The number of nitrogens with one attached hydrogen (secondary N) is 1. The molecule has 1 aliphatic carbocycles. The van der Waals surface area contributed by atoms with Gasteiger partial charge in [0, 0.05) is 13.1 Å². The van der Waals surface area contributed by atoms with E-state index in [1.54, 1.807) is 0 Å². The third-order valence-electron chi connectivity index (χ3n) is 3.95. The molecule has 0 aromatic rings. The first kappa shape index (κ1) is 14.3. The predicted octanol–water partition coefficient (Wildman–Crippen LogP) is 2.91.